The Hall–Kier alpha value is -4.02. The molecule has 2 aliphatic rings. The van der Waals surface area contributed by atoms with Gasteiger partial charge in [-0.25, -0.2) is 0 Å². The van der Waals surface area contributed by atoms with Crippen molar-refractivity contribution in [2.45, 2.75) is 13.0 Å². The zero-order valence-corrected chi connectivity index (χ0v) is 19.9. The molecule has 0 radical (unpaired) electrons. The van der Waals surface area contributed by atoms with Gasteiger partial charge in [0.2, 0.25) is 0 Å². The zero-order chi connectivity index (χ0) is 25.2. The molecule has 0 saturated carbocycles. The van der Waals surface area contributed by atoms with E-state index in [1.54, 1.807) is 24.3 Å². The number of rotatable bonds is 7. The SMILES string of the molecule is CC1=C(c2cccc(O)c2)[C@H](c2ccc(OCCN3CC(CF)C3)cc2)Oc2ccc(O)c(C#N)c21. The van der Waals surface area contributed by atoms with E-state index in [9.17, 15) is 19.9 Å². The summed E-state index contributed by atoms with van der Waals surface area (Å²) in [5, 5.41) is 30.1. The van der Waals surface area contributed by atoms with E-state index in [0.29, 0.717) is 17.9 Å². The third-order valence-corrected chi connectivity index (χ3v) is 6.81. The lowest BCUT2D eigenvalue weighted by Crippen LogP contribution is -2.49. The highest BCUT2D eigenvalue weighted by Crippen LogP contribution is 2.49. The molecule has 0 spiro atoms. The van der Waals surface area contributed by atoms with E-state index in [1.165, 1.54) is 6.07 Å². The predicted octanol–water partition coefficient (Wildman–Crippen LogP) is 5.31. The van der Waals surface area contributed by atoms with Crippen molar-refractivity contribution in [1.29, 1.82) is 5.26 Å². The molecular weight excluding hydrogens is 459 g/mol. The minimum absolute atomic E-state index is 0.104. The molecule has 1 fully saturated rings. The predicted molar refractivity (Wildman–Crippen MR) is 135 cm³/mol. The molecule has 0 bridgehead atoms. The van der Waals surface area contributed by atoms with Gasteiger partial charge < -0.3 is 19.7 Å². The van der Waals surface area contributed by atoms with E-state index in [4.69, 9.17) is 9.47 Å². The van der Waals surface area contributed by atoms with Crippen LogP contribution in [0.15, 0.2) is 60.7 Å². The highest BCUT2D eigenvalue weighted by Gasteiger charge is 2.32. The molecule has 36 heavy (non-hydrogen) atoms. The molecule has 1 atom stereocenters. The highest BCUT2D eigenvalue weighted by molar-refractivity contribution is 5.97. The summed E-state index contributed by atoms with van der Waals surface area (Å²) in [6, 6.07) is 19.8. The third kappa shape index (κ3) is 4.48. The highest BCUT2D eigenvalue weighted by atomic mass is 19.1. The number of likely N-dealkylation sites (tertiary alicyclic amines) is 1. The van der Waals surface area contributed by atoms with Crippen LogP contribution >= 0.6 is 0 Å². The molecule has 0 amide bonds. The molecule has 2 N–H and O–H groups in total. The van der Waals surface area contributed by atoms with E-state index in [-0.39, 0.29) is 29.7 Å². The molecule has 0 aromatic heterocycles. The Morgan fingerprint density at radius 3 is 2.58 bits per heavy atom. The number of ether oxygens (including phenoxy) is 2. The Morgan fingerprint density at radius 1 is 1.11 bits per heavy atom. The van der Waals surface area contributed by atoms with Crippen molar-refractivity contribution in [3.63, 3.8) is 0 Å². The second kappa shape index (κ2) is 9.92. The molecule has 1 saturated heterocycles. The first kappa shape index (κ1) is 23.7. The zero-order valence-electron chi connectivity index (χ0n) is 19.9. The average molecular weight is 487 g/mol. The number of nitriles is 1. The van der Waals surface area contributed by atoms with Crippen LogP contribution < -0.4 is 9.47 Å². The van der Waals surface area contributed by atoms with Gasteiger partial charge in [-0.2, -0.15) is 5.26 Å². The van der Waals surface area contributed by atoms with E-state index in [0.717, 1.165) is 47.7 Å². The van der Waals surface area contributed by atoms with Crippen molar-refractivity contribution < 1.29 is 24.1 Å². The van der Waals surface area contributed by atoms with Crippen LogP contribution in [-0.2, 0) is 0 Å². The molecule has 3 aromatic rings. The average Bonchev–Trinajstić information content (AvgIpc) is 2.86. The van der Waals surface area contributed by atoms with Crippen LogP contribution in [0.25, 0.3) is 11.1 Å². The molecule has 5 rings (SSSR count). The first-order chi connectivity index (χ1) is 17.5. The van der Waals surface area contributed by atoms with Crippen molar-refractivity contribution >= 4 is 11.1 Å². The normalized spacial score (nSPS) is 17.6. The summed E-state index contributed by atoms with van der Waals surface area (Å²) >= 11 is 0. The Labute approximate surface area is 209 Å². The summed E-state index contributed by atoms with van der Waals surface area (Å²) in [6.45, 7) is 4.50. The fourth-order valence-corrected chi connectivity index (χ4v) is 4.94. The number of phenols is 2. The van der Waals surface area contributed by atoms with Crippen molar-refractivity contribution in [2.24, 2.45) is 5.92 Å². The second-order valence-electron chi connectivity index (χ2n) is 9.23. The Kier molecular flexibility index (Phi) is 6.53. The van der Waals surface area contributed by atoms with Crippen LogP contribution in [-0.4, -0.2) is 48.0 Å². The molecule has 6 nitrogen and oxygen atoms in total. The summed E-state index contributed by atoms with van der Waals surface area (Å²) in [5.41, 5.74) is 3.94. The molecule has 184 valence electrons. The molecule has 0 unspecified atom stereocenters. The smallest absolute Gasteiger partial charge is 0.150 e. The monoisotopic (exact) mass is 486 g/mol. The van der Waals surface area contributed by atoms with Crippen LogP contribution in [0.2, 0.25) is 0 Å². The number of allylic oxidation sites excluding steroid dienone is 1. The van der Waals surface area contributed by atoms with Gasteiger partial charge in [-0.15, -0.1) is 0 Å². The summed E-state index contributed by atoms with van der Waals surface area (Å²) in [4.78, 5) is 2.17. The number of fused-ring (bicyclic) bond motifs is 1. The minimum atomic E-state index is -0.497. The molecule has 2 aliphatic heterocycles. The van der Waals surface area contributed by atoms with Gasteiger partial charge in [-0.3, -0.25) is 9.29 Å². The maximum Gasteiger partial charge on any atom is 0.150 e. The minimum Gasteiger partial charge on any atom is -0.508 e. The first-order valence-corrected chi connectivity index (χ1v) is 11.9. The third-order valence-electron chi connectivity index (χ3n) is 6.81. The summed E-state index contributed by atoms with van der Waals surface area (Å²) < 4.78 is 24.9. The van der Waals surface area contributed by atoms with Crippen molar-refractivity contribution in [1.82, 2.24) is 4.90 Å². The number of hydrogen-bond acceptors (Lipinski definition) is 6. The largest absolute Gasteiger partial charge is 0.508 e. The van der Waals surface area contributed by atoms with E-state index in [1.807, 2.05) is 37.3 Å². The molecule has 7 heteroatoms. The van der Waals surface area contributed by atoms with Crippen LogP contribution in [0, 0.1) is 17.2 Å². The molecular formula is C29H27FN2O4. The Morgan fingerprint density at radius 2 is 1.89 bits per heavy atom. The number of benzene rings is 3. The number of halogens is 1. The Bertz CT molecular complexity index is 1340. The summed E-state index contributed by atoms with van der Waals surface area (Å²) in [6.07, 6.45) is -0.497. The summed E-state index contributed by atoms with van der Waals surface area (Å²) in [5.74, 6) is 1.42. The van der Waals surface area contributed by atoms with Gasteiger partial charge in [0, 0.05) is 36.7 Å². The quantitative estimate of drug-likeness (QED) is 0.471. The fraction of sp³-hybridized carbons (Fsp3) is 0.276. The van der Waals surface area contributed by atoms with Crippen molar-refractivity contribution in [3.8, 4) is 29.1 Å². The standard InChI is InChI=1S/C29H27FN2O4/c1-18-27(21-3-2-4-22(33)13-21)29(36-26-10-9-25(34)24(15-31)28(18)26)20-5-7-23(8-6-20)35-12-11-32-16-19(14-30)17-32/h2-10,13,19,29,33-34H,11-12,14,16-17H2,1H3/t29-/m0/s1. The van der Waals surface area contributed by atoms with Gasteiger partial charge in [0.1, 0.15) is 47.3 Å². The number of alkyl halides is 1. The van der Waals surface area contributed by atoms with E-state index < -0.39 is 6.10 Å². The van der Waals surface area contributed by atoms with Crippen molar-refractivity contribution in [3.05, 3.63) is 82.9 Å². The lowest BCUT2D eigenvalue weighted by atomic mass is 9.84. The van der Waals surface area contributed by atoms with Gasteiger partial charge in [0.05, 0.1) is 6.67 Å². The number of phenolic OH excluding ortho intramolecular Hbond substituents is 2. The topological polar surface area (TPSA) is 86.0 Å². The molecule has 3 aromatic carbocycles. The van der Waals surface area contributed by atoms with Gasteiger partial charge in [-0.1, -0.05) is 24.3 Å². The van der Waals surface area contributed by atoms with Gasteiger partial charge in [0.25, 0.3) is 0 Å². The number of nitrogens with zero attached hydrogens (tertiary/aromatic N) is 2. The van der Waals surface area contributed by atoms with Gasteiger partial charge in [-0.05, 0) is 60.0 Å². The van der Waals surface area contributed by atoms with E-state index >= 15 is 0 Å². The van der Waals surface area contributed by atoms with Gasteiger partial charge >= 0.3 is 0 Å². The first-order valence-electron chi connectivity index (χ1n) is 11.9. The summed E-state index contributed by atoms with van der Waals surface area (Å²) in [7, 11) is 0. The Balaban J connectivity index is 1.43. The van der Waals surface area contributed by atoms with Crippen LogP contribution in [0.3, 0.4) is 0 Å². The van der Waals surface area contributed by atoms with Crippen molar-refractivity contribution in [2.75, 3.05) is 32.9 Å². The number of hydrogen-bond donors (Lipinski definition) is 2. The van der Waals surface area contributed by atoms with Crippen LogP contribution in [0.4, 0.5) is 4.39 Å². The lowest BCUT2D eigenvalue weighted by molar-refractivity contribution is 0.0668. The fourth-order valence-electron chi connectivity index (χ4n) is 4.94. The molecule has 0 aliphatic carbocycles. The lowest BCUT2D eigenvalue weighted by Gasteiger charge is -2.37. The number of aromatic hydroxyl groups is 2. The maximum atomic E-state index is 12.6. The second-order valence-corrected chi connectivity index (χ2v) is 9.23. The van der Waals surface area contributed by atoms with Gasteiger partial charge in [0.15, 0.2) is 0 Å². The molecule has 2 heterocycles. The van der Waals surface area contributed by atoms with E-state index in [2.05, 4.69) is 11.0 Å². The van der Waals surface area contributed by atoms with Crippen LogP contribution in [0.1, 0.15) is 35.3 Å². The van der Waals surface area contributed by atoms with Crippen LogP contribution in [0.5, 0.6) is 23.0 Å². The maximum absolute atomic E-state index is 12.6.